The Morgan fingerprint density at radius 1 is 1.64 bits per heavy atom. The molecule has 0 bridgehead atoms. The van der Waals surface area contributed by atoms with E-state index in [1.165, 1.54) is 0 Å². The van der Waals surface area contributed by atoms with Gasteiger partial charge in [0, 0.05) is 6.54 Å². The van der Waals surface area contributed by atoms with Gasteiger partial charge in [-0.2, -0.15) is 0 Å². The number of likely N-dealkylation sites (tertiary alicyclic amines) is 1. The lowest BCUT2D eigenvalue weighted by Crippen LogP contribution is -2.49. The fraction of sp³-hybridized carbons (Fsp3) is 0.900. The smallest absolute Gasteiger partial charge is 0.240 e. The van der Waals surface area contributed by atoms with Crippen molar-refractivity contribution in [2.75, 3.05) is 13.2 Å². The van der Waals surface area contributed by atoms with E-state index in [2.05, 4.69) is 0 Å². The van der Waals surface area contributed by atoms with Gasteiger partial charge in [0.1, 0.15) is 0 Å². The number of amides is 1. The third kappa shape index (κ3) is 2.25. The minimum absolute atomic E-state index is 0.00713. The Morgan fingerprint density at radius 2 is 2.29 bits per heavy atom. The van der Waals surface area contributed by atoms with Crippen molar-refractivity contribution in [2.45, 2.75) is 38.8 Å². The van der Waals surface area contributed by atoms with Gasteiger partial charge in [0.15, 0.2) is 0 Å². The minimum atomic E-state index is -0.429. The van der Waals surface area contributed by atoms with Gasteiger partial charge in [0.05, 0.1) is 18.7 Å². The molecular formula is C10H20N2O2. The highest BCUT2D eigenvalue weighted by atomic mass is 16.3. The van der Waals surface area contributed by atoms with Crippen molar-refractivity contribution in [1.29, 1.82) is 0 Å². The van der Waals surface area contributed by atoms with Gasteiger partial charge < -0.3 is 15.7 Å². The molecule has 1 rings (SSSR count). The van der Waals surface area contributed by atoms with Crippen molar-refractivity contribution in [2.24, 2.45) is 11.7 Å². The first kappa shape index (κ1) is 11.5. The van der Waals surface area contributed by atoms with Gasteiger partial charge in [-0.3, -0.25) is 4.79 Å². The van der Waals surface area contributed by atoms with Crippen LogP contribution in [0.25, 0.3) is 0 Å². The number of carbonyl (C=O) groups is 1. The molecule has 2 atom stereocenters. The molecule has 0 radical (unpaired) electrons. The summed E-state index contributed by atoms with van der Waals surface area (Å²) in [7, 11) is 0. The number of carbonyl (C=O) groups excluding carboxylic acids is 1. The molecule has 0 spiro atoms. The molecule has 1 amide bonds. The van der Waals surface area contributed by atoms with E-state index in [0.29, 0.717) is 0 Å². The van der Waals surface area contributed by atoms with E-state index in [4.69, 9.17) is 10.8 Å². The molecule has 0 saturated carbocycles. The quantitative estimate of drug-likeness (QED) is 0.671. The van der Waals surface area contributed by atoms with Crippen LogP contribution >= 0.6 is 0 Å². The van der Waals surface area contributed by atoms with Crippen LogP contribution in [0.4, 0.5) is 0 Å². The number of hydrogen-bond acceptors (Lipinski definition) is 3. The molecule has 1 unspecified atom stereocenters. The monoisotopic (exact) mass is 200 g/mol. The maximum Gasteiger partial charge on any atom is 0.240 e. The fourth-order valence-electron chi connectivity index (χ4n) is 1.79. The average molecular weight is 200 g/mol. The Kier molecular flexibility index (Phi) is 3.89. The highest BCUT2D eigenvalue weighted by Crippen LogP contribution is 2.18. The maximum absolute atomic E-state index is 11.8. The zero-order valence-corrected chi connectivity index (χ0v) is 8.94. The summed E-state index contributed by atoms with van der Waals surface area (Å²) < 4.78 is 0. The van der Waals surface area contributed by atoms with Crippen molar-refractivity contribution >= 4 is 5.91 Å². The topological polar surface area (TPSA) is 66.6 Å². The first-order chi connectivity index (χ1) is 6.57. The van der Waals surface area contributed by atoms with Gasteiger partial charge in [-0.25, -0.2) is 0 Å². The molecule has 1 saturated heterocycles. The van der Waals surface area contributed by atoms with E-state index in [1.54, 1.807) is 4.90 Å². The van der Waals surface area contributed by atoms with Crippen LogP contribution in [-0.2, 0) is 4.79 Å². The molecule has 3 N–H and O–H groups in total. The zero-order chi connectivity index (χ0) is 10.7. The molecular weight excluding hydrogens is 180 g/mol. The van der Waals surface area contributed by atoms with E-state index >= 15 is 0 Å². The summed E-state index contributed by atoms with van der Waals surface area (Å²) in [6, 6.07) is -0.436. The van der Waals surface area contributed by atoms with Crippen molar-refractivity contribution in [3.63, 3.8) is 0 Å². The van der Waals surface area contributed by atoms with E-state index in [9.17, 15) is 4.79 Å². The summed E-state index contributed by atoms with van der Waals surface area (Å²) in [6.07, 6.45) is 1.87. The predicted octanol–water partition coefficient (Wildman–Crippen LogP) is -0.0470. The maximum atomic E-state index is 11.8. The van der Waals surface area contributed by atoms with Gasteiger partial charge in [0.2, 0.25) is 5.91 Å². The third-order valence-corrected chi connectivity index (χ3v) is 2.87. The molecule has 4 heteroatoms. The predicted molar refractivity (Wildman–Crippen MR) is 54.6 cm³/mol. The number of aliphatic hydroxyl groups excluding tert-OH is 1. The molecule has 82 valence electrons. The van der Waals surface area contributed by atoms with Crippen LogP contribution in [0.5, 0.6) is 0 Å². The Hall–Kier alpha value is -0.610. The summed E-state index contributed by atoms with van der Waals surface area (Å²) in [4.78, 5) is 13.6. The van der Waals surface area contributed by atoms with Crippen molar-refractivity contribution < 1.29 is 9.90 Å². The number of aliphatic hydroxyl groups is 1. The second-order valence-electron chi connectivity index (χ2n) is 4.28. The van der Waals surface area contributed by atoms with Crippen LogP contribution in [0.15, 0.2) is 0 Å². The molecule has 0 aliphatic carbocycles. The molecule has 0 aromatic rings. The number of nitrogens with zero attached hydrogens (tertiary/aromatic N) is 1. The largest absolute Gasteiger partial charge is 0.394 e. The Labute approximate surface area is 85.1 Å². The summed E-state index contributed by atoms with van der Waals surface area (Å²) >= 11 is 0. The van der Waals surface area contributed by atoms with E-state index in [-0.39, 0.29) is 24.5 Å². The summed E-state index contributed by atoms with van der Waals surface area (Å²) in [6.45, 7) is 4.67. The molecule has 1 fully saturated rings. The second-order valence-corrected chi connectivity index (χ2v) is 4.28. The number of nitrogens with two attached hydrogens (primary N) is 1. The minimum Gasteiger partial charge on any atom is -0.394 e. The van der Waals surface area contributed by atoms with Gasteiger partial charge in [-0.15, -0.1) is 0 Å². The van der Waals surface area contributed by atoms with Gasteiger partial charge in [-0.05, 0) is 18.8 Å². The van der Waals surface area contributed by atoms with Gasteiger partial charge in [0.25, 0.3) is 0 Å². The van der Waals surface area contributed by atoms with Crippen LogP contribution in [0, 0.1) is 5.92 Å². The lowest BCUT2D eigenvalue weighted by Gasteiger charge is -2.27. The standard InChI is InChI=1S/C10H20N2O2/c1-7(2)9(11)10(14)12-5-3-4-8(12)6-13/h7-9,13H,3-6,11H2,1-2H3/t8?,9-/m1/s1. The Balaban J connectivity index is 2.59. The zero-order valence-electron chi connectivity index (χ0n) is 8.94. The molecule has 1 aliphatic rings. The lowest BCUT2D eigenvalue weighted by molar-refractivity contribution is -0.135. The van der Waals surface area contributed by atoms with Gasteiger partial charge in [-0.1, -0.05) is 13.8 Å². The molecule has 0 aromatic heterocycles. The molecule has 14 heavy (non-hydrogen) atoms. The summed E-state index contributed by atoms with van der Waals surface area (Å²) in [5, 5.41) is 9.07. The van der Waals surface area contributed by atoms with Crippen molar-refractivity contribution in [3.05, 3.63) is 0 Å². The highest BCUT2D eigenvalue weighted by molar-refractivity contribution is 5.82. The van der Waals surface area contributed by atoms with E-state index in [1.807, 2.05) is 13.8 Å². The van der Waals surface area contributed by atoms with Crippen LogP contribution in [0.3, 0.4) is 0 Å². The van der Waals surface area contributed by atoms with Crippen LogP contribution in [0.2, 0.25) is 0 Å². The van der Waals surface area contributed by atoms with Crippen molar-refractivity contribution in [3.8, 4) is 0 Å². The van der Waals surface area contributed by atoms with E-state index in [0.717, 1.165) is 19.4 Å². The van der Waals surface area contributed by atoms with Crippen LogP contribution < -0.4 is 5.73 Å². The number of hydrogen-bond donors (Lipinski definition) is 2. The van der Waals surface area contributed by atoms with Crippen LogP contribution in [-0.4, -0.2) is 41.1 Å². The third-order valence-electron chi connectivity index (χ3n) is 2.87. The first-order valence-corrected chi connectivity index (χ1v) is 5.24. The first-order valence-electron chi connectivity index (χ1n) is 5.24. The van der Waals surface area contributed by atoms with Crippen LogP contribution in [0.1, 0.15) is 26.7 Å². The van der Waals surface area contributed by atoms with E-state index < -0.39 is 6.04 Å². The lowest BCUT2D eigenvalue weighted by atomic mass is 10.0. The SMILES string of the molecule is CC(C)[C@@H](N)C(=O)N1CCCC1CO. The molecule has 1 aliphatic heterocycles. The molecule has 4 nitrogen and oxygen atoms in total. The van der Waals surface area contributed by atoms with Crippen molar-refractivity contribution in [1.82, 2.24) is 4.90 Å². The molecule has 1 heterocycles. The normalized spacial score (nSPS) is 24.4. The number of rotatable bonds is 3. The Bertz CT molecular complexity index is 206. The average Bonchev–Trinajstić information content (AvgIpc) is 2.62. The molecule has 0 aromatic carbocycles. The summed E-state index contributed by atoms with van der Waals surface area (Å²) in [5.74, 6) is 0.138. The van der Waals surface area contributed by atoms with Gasteiger partial charge >= 0.3 is 0 Å². The highest BCUT2D eigenvalue weighted by Gasteiger charge is 2.31. The second kappa shape index (κ2) is 4.75. The fourth-order valence-corrected chi connectivity index (χ4v) is 1.79. The Morgan fingerprint density at radius 3 is 2.79 bits per heavy atom. The summed E-state index contributed by atoms with van der Waals surface area (Å²) in [5.41, 5.74) is 5.78.